The van der Waals surface area contributed by atoms with Gasteiger partial charge in [0.2, 0.25) is 5.91 Å². The molecule has 6 nitrogen and oxygen atoms in total. The van der Waals surface area contributed by atoms with Gasteiger partial charge < -0.3 is 21.1 Å². The summed E-state index contributed by atoms with van der Waals surface area (Å²) in [6.45, 7) is 0. The Bertz CT molecular complexity index is 538. The van der Waals surface area contributed by atoms with Gasteiger partial charge >= 0.3 is 12.4 Å². The molecule has 0 aliphatic carbocycles. The molecule has 1 rings (SSSR count). The molecular weight excluding hydrogens is 335 g/mol. The summed E-state index contributed by atoms with van der Waals surface area (Å²) in [5.74, 6) is -0.288. The number of benzene rings is 1. The number of urea groups is 1. The number of nitrogens with one attached hydrogen (secondary N) is 2. The van der Waals surface area contributed by atoms with Gasteiger partial charge in [-0.05, 0) is 42.7 Å². The van der Waals surface area contributed by atoms with E-state index < -0.39 is 30.1 Å². The van der Waals surface area contributed by atoms with Crippen molar-refractivity contribution in [2.45, 2.75) is 18.8 Å². The second kappa shape index (κ2) is 8.51. The van der Waals surface area contributed by atoms with Gasteiger partial charge in [0.05, 0.1) is 0 Å². The molecule has 0 radical (unpaired) electrons. The Morgan fingerprint density at radius 3 is 2.39 bits per heavy atom. The molecule has 10 heteroatoms. The Labute approximate surface area is 134 Å². The first-order chi connectivity index (χ1) is 10.7. The highest BCUT2D eigenvalue weighted by atomic mass is 32.2. The van der Waals surface area contributed by atoms with Crippen molar-refractivity contribution in [3.63, 3.8) is 0 Å². The monoisotopic (exact) mass is 351 g/mol. The van der Waals surface area contributed by atoms with Crippen LogP contribution in [-0.2, 0) is 4.79 Å². The van der Waals surface area contributed by atoms with E-state index in [1.165, 1.54) is 23.9 Å². The third-order valence-electron chi connectivity index (χ3n) is 2.60. The highest BCUT2D eigenvalue weighted by Crippen LogP contribution is 2.24. The van der Waals surface area contributed by atoms with Crippen molar-refractivity contribution in [2.24, 2.45) is 5.73 Å². The Morgan fingerprint density at radius 2 is 1.91 bits per heavy atom. The fraction of sp³-hybridized carbons (Fsp3) is 0.385. The number of carbonyl (C=O) groups is 2. The smallest absolute Gasteiger partial charge is 0.406 e. The van der Waals surface area contributed by atoms with Crippen molar-refractivity contribution < 1.29 is 27.5 Å². The molecule has 0 fully saturated rings. The van der Waals surface area contributed by atoms with Crippen molar-refractivity contribution in [2.75, 3.05) is 17.3 Å². The molecule has 3 amide bonds. The molecule has 0 saturated carbocycles. The first kappa shape index (κ1) is 18.9. The van der Waals surface area contributed by atoms with Gasteiger partial charge in [-0.3, -0.25) is 4.79 Å². The predicted molar refractivity (Wildman–Crippen MR) is 81.3 cm³/mol. The van der Waals surface area contributed by atoms with Crippen molar-refractivity contribution in [1.82, 2.24) is 5.32 Å². The van der Waals surface area contributed by atoms with Crippen molar-refractivity contribution in [1.29, 1.82) is 0 Å². The number of thioether (sulfide) groups is 1. The molecule has 1 aromatic rings. The van der Waals surface area contributed by atoms with Crippen LogP contribution in [0, 0.1) is 0 Å². The second-order valence-electron chi connectivity index (χ2n) is 4.40. The SMILES string of the molecule is CSCC[C@@H](NC(N)=O)C(=O)Nc1ccc(OC(F)(F)F)cc1. The summed E-state index contributed by atoms with van der Waals surface area (Å²) in [5.41, 5.74) is 5.28. The molecule has 23 heavy (non-hydrogen) atoms. The molecule has 0 heterocycles. The van der Waals surface area contributed by atoms with Crippen LogP contribution in [-0.4, -0.2) is 36.4 Å². The number of anilines is 1. The largest absolute Gasteiger partial charge is 0.573 e. The van der Waals surface area contributed by atoms with Crippen LogP contribution in [0.25, 0.3) is 0 Å². The quantitative estimate of drug-likeness (QED) is 0.703. The maximum atomic E-state index is 12.1. The zero-order valence-electron chi connectivity index (χ0n) is 12.1. The number of hydrogen-bond acceptors (Lipinski definition) is 4. The molecule has 4 N–H and O–H groups in total. The van der Waals surface area contributed by atoms with Crippen molar-refractivity contribution in [3.8, 4) is 5.75 Å². The first-order valence-corrected chi connectivity index (χ1v) is 7.82. The zero-order chi connectivity index (χ0) is 17.5. The van der Waals surface area contributed by atoms with Crippen LogP contribution in [0.2, 0.25) is 0 Å². The van der Waals surface area contributed by atoms with Crippen LogP contribution < -0.4 is 21.1 Å². The van der Waals surface area contributed by atoms with E-state index in [-0.39, 0.29) is 5.69 Å². The summed E-state index contributed by atoms with van der Waals surface area (Å²) < 4.78 is 39.9. The fourth-order valence-electron chi connectivity index (χ4n) is 1.65. The summed E-state index contributed by atoms with van der Waals surface area (Å²) in [5, 5.41) is 4.81. The lowest BCUT2D eigenvalue weighted by Gasteiger charge is -2.17. The van der Waals surface area contributed by atoms with E-state index in [4.69, 9.17) is 5.73 Å². The number of carbonyl (C=O) groups excluding carboxylic acids is 2. The maximum Gasteiger partial charge on any atom is 0.573 e. The fourth-order valence-corrected chi connectivity index (χ4v) is 2.12. The zero-order valence-corrected chi connectivity index (χ0v) is 13.0. The van der Waals surface area contributed by atoms with Crippen LogP contribution in [0.15, 0.2) is 24.3 Å². The summed E-state index contributed by atoms with van der Waals surface area (Å²) in [4.78, 5) is 23.0. The van der Waals surface area contributed by atoms with Crippen LogP contribution in [0.5, 0.6) is 5.75 Å². The van der Waals surface area contributed by atoms with Crippen LogP contribution in [0.4, 0.5) is 23.7 Å². The summed E-state index contributed by atoms with van der Waals surface area (Å²) >= 11 is 1.49. The van der Waals surface area contributed by atoms with Crippen LogP contribution in [0.1, 0.15) is 6.42 Å². The number of amides is 3. The van der Waals surface area contributed by atoms with E-state index in [1.807, 2.05) is 6.26 Å². The van der Waals surface area contributed by atoms with Crippen molar-refractivity contribution in [3.05, 3.63) is 24.3 Å². The average Bonchev–Trinajstić information content (AvgIpc) is 2.43. The van der Waals surface area contributed by atoms with E-state index >= 15 is 0 Å². The Kier molecular flexibility index (Phi) is 7.01. The molecule has 1 aromatic carbocycles. The standard InChI is InChI=1S/C13H16F3N3O3S/c1-23-7-6-10(19-12(17)21)11(20)18-8-2-4-9(5-3-8)22-13(14,15)16/h2-5,10H,6-7H2,1H3,(H,18,20)(H3,17,19,21)/t10-/m1/s1. The molecule has 0 aromatic heterocycles. The summed E-state index contributed by atoms with van der Waals surface area (Å²) in [6.07, 6.45) is -2.57. The topological polar surface area (TPSA) is 93.5 Å². The lowest BCUT2D eigenvalue weighted by molar-refractivity contribution is -0.274. The van der Waals surface area contributed by atoms with E-state index in [1.54, 1.807) is 0 Å². The van der Waals surface area contributed by atoms with Crippen LogP contribution >= 0.6 is 11.8 Å². The Morgan fingerprint density at radius 1 is 1.30 bits per heavy atom. The third-order valence-corrected chi connectivity index (χ3v) is 3.24. The van der Waals surface area contributed by atoms with E-state index in [0.717, 1.165) is 12.1 Å². The number of nitrogens with two attached hydrogens (primary N) is 1. The molecular formula is C13H16F3N3O3S. The number of rotatable bonds is 7. The second-order valence-corrected chi connectivity index (χ2v) is 5.39. The number of alkyl halides is 3. The summed E-state index contributed by atoms with van der Waals surface area (Å²) in [6, 6.07) is 3.00. The number of ether oxygens (including phenoxy) is 1. The minimum Gasteiger partial charge on any atom is -0.406 e. The lowest BCUT2D eigenvalue weighted by atomic mass is 10.2. The molecule has 0 saturated heterocycles. The van der Waals surface area contributed by atoms with Gasteiger partial charge in [-0.1, -0.05) is 0 Å². The molecule has 0 bridgehead atoms. The van der Waals surface area contributed by atoms with Gasteiger partial charge in [-0.25, -0.2) is 4.79 Å². The van der Waals surface area contributed by atoms with Crippen molar-refractivity contribution >= 4 is 29.4 Å². The average molecular weight is 351 g/mol. The van der Waals surface area contributed by atoms with Gasteiger partial charge in [0, 0.05) is 5.69 Å². The van der Waals surface area contributed by atoms with E-state index in [0.29, 0.717) is 12.2 Å². The number of halogens is 3. The highest BCUT2D eigenvalue weighted by Gasteiger charge is 2.31. The van der Waals surface area contributed by atoms with Gasteiger partial charge in [0.25, 0.3) is 0 Å². The molecule has 0 aliphatic heterocycles. The number of hydrogen-bond donors (Lipinski definition) is 3. The normalized spacial score (nSPS) is 12.3. The Balaban J connectivity index is 2.68. The van der Waals surface area contributed by atoms with E-state index in [9.17, 15) is 22.8 Å². The lowest BCUT2D eigenvalue weighted by Crippen LogP contribution is -2.46. The van der Waals surface area contributed by atoms with Gasteiger partial charge in [-0.2, -0.15) is 11.8 Å². The number of primary amides is 1. The van der Waals surface area contributed by atoms with Gasteiger partial charge in [0.1, 0.15) is 11.8 Å². The Hall–Kier alpha value is -2.10. The molecule has 128 valence electrons. The molecule has 0 spiro atoms. The van der Waals surface area contributed by atoms with E-state index in [2.05, 4.69) is 15.4 Å². The van der Waals surface area contributed by atoms with Crippen LogP contribution in [0.3, 0.4) is 0 Å². The third kappa shape index (κ3) is 7.63. The minimum absolute atomic E-state index is 0.268. The predicted octanol–water partition coefficient (Wildman–Crippen LogP) is 2.31. The molecule has 0 aliphatic rings. The molecule has 0 unspecified atom stereocenters. The van der Waals surface area contributed by atoms with Gasteiger partial charge in [-0.15, -0.1) is 13.2 Å². The maximum absolute atomic E-state index is 12.1. The first-order valence-electron chi connectivity index (χ1n) is 6.43. The highest BCUT2D eigenvalue weighted by molar-refractivity contribution is 7.98. The minimum atomic E-state index is -4.78. The van der Waals surface area contributed by atoms with Gasteiger partial charge in [0.15, 0.2) is 0 Å². The summed E-state index contributed by atoms with van der Waals surface area (Å²) in [7, 11) is 0. The molecule has 1 atom stereocenters.